The van der Waals surface area contributed by atoms with Gasteiger partial charge in [-0.2, -0.15) is 0 Å². The molecule has 0 aromatic carbocycles. The number of rotatable bonds is 4. The summed E-state index contributed by atoms with van der Waals surface area (Å²) in [5, 5.41) is 10.3. The summed E-state index contributed by atoms with van der Waals surface area (Å²) in [6, 6.07) is 3.68. The number of hydrogen-bond acceptors (Lipinski definition) is 4. The van der Waals surface area contributed by atoms with Crippen molar-refractivity contribution in [2.24, 2.45) is 0 Å². The maximum absolute atomic E-state index is 10.5. The Morgan fingerprint density at radius 1 is 1.53 bits per heavy atom. The van der Waals surface area contributed by atoms with Gasteiger partial charge in [0, 0.05) is 25.0 Å². The third kappa shape index (κ3) is 2.74. The summed E-state index contributed by atoms with van der Waals surface area (Å²) in [5.41, 5.74) is 2.07. The third-order valence-corrected chi connectivity index (χ3v) is 1.88. The van der Waals surface area contributed by atoms with Crippen LogP contribution in [0, 0.1) is 12.3 Å². The molecule has 0 spiro atoms. The van der Waals surface area contributed by atoms with Crippen molar-refractivity contribution < 1.29 is 4.79 Å². The fraction of sp³-hybridized carbons (Fsp3) is 0.182. The van der Waals surface area contributed by atoms with Crippen LogP contribution in [0.25, 0.3) is 5.57 Å². The van der Waals surface area contributed by atoms with Gasteiger partial charge in [0.15, 0.2) is 6.29 Å². The fourth-order valence-corrected chi connectivity index (χ4v) is 1.12. The zero-order valence-corrected chi connectivity index (χ0v) is 8.74. The second kappa shape index (κ2) is 5.05. The molecule has 78 valence electrons. The second-order valence-electron chi connectivity index (χ2n) is 3.10. The number of aromatic nitrogens is 1. The molecule has 2 N–H and O–H groups in total. The predicted octanol–water partition coefficient (Wildman–Crippen LogP) is 1.17. The van der Waals surface area contributed by atoms with Crippen LogP contribution >= 0.6 is 0 Å². The van der Waals surface area contributed by atoms with Gasteiger partial charge in [-0.15, -0.1) is 0 Å². The standard InChI is InChI=1S/C11H13N3O/c1-8-3-4-11(14-5-8)9(6-13-2)10(12)7-15/h3-7,12-13H,1-2H3/b9-6+,12-10?. The maximum atomic E-state index is 10.5. The van der Waals surface area contributed by atoms with E-state index >= 15 is 0 Å². The second-order valence-corrected chi connectivity index (χ2v) is 3.10. The highest BCUT2D eigenvalue weighted by atomic mass is 16.1. The molecule has 1 rings (SSSR count). The topological polar surface area (TPSA) is 65.8 Å². The molecule has 4 heteroatoms. The van der Waals surface area contributed by atoms with Crippen LogP contribution in [-0.2, 0) is 4.79 Å². The molecule has 1 heterocycles. The van der Waals surface area contributed by atoms with E-state index in [1.807, 2.05) is 13.0 Å². The number of aldehydes is 1. The Kier molecular flexibility index (Phi) is 3.74. The molecule has 0 fully saturated rings. The van der Waals surface area contributed by atoms with Crippen LogP contribution in [0.2, 0.25) is 0 Å². The molecule has 1 aromatic rings. The van der Waals surface area contributed by atoms with Gasteiger partial charge in [-0.05, 0) is 18.6 Å². The van der Waals surface area contributed by atoms with Crippen LogP contribution in [-0.4, -0.2) is 24.0 Å². The SMILES string of the molecule is CN/C=C(\C(=N)C=O)c1ccc(C)cn1. The number of carbonyl (C=O) groups excluding carboxylic acids is 1. The Labute approximate surface area is 88.5 Å². The molecule has 0 aliphatic rings. The van der Waals surface area contributed by atoms with Gasteiger partial charge < -0.3 is 5.32 Å². The van der Waals surface area contributed by atoms with Crippen molar-refractivity contribution in [2.75, 3.05) is 7.05 Å². The average molecular weight is 203 g/mol. The number of nitrogens with zero attached hydrogens (tertiary/aromatic N) is 1. The van der Waals surface area contributed by atoms with E-state index in [1.54, 1.807) is 25.5 Å². The van der Waals surface area contributed by atoms with Crippen LogP contribution in [0.5, 0.6) is 0 Å². The smallest absolute Gasteiger partial charge is 0.168 e. The van der Waals surface area contributed by atoms with Crippen molar-refractivity contribution >= 4 is 17.6 Å². The molecule has 0 atom stereocenters. The Hall–Kier alpha value is -1.97. The first-order valence-electron chi connectivity index (χ1n) is 4.53. The molecule has 4 nitrogen and oxygen atoms in total. The summed E-state index contributed by atoms with van der Waals surface area (Å²) in [4.78, 5) is 14.7. The third-order valence-electron chi connectivity index (χ3n) is 1.88. The lowest BCUT2D eigenvalue weighted by Gasteiger charge is -2.04. The zero-order valence-electron chi connectivity index (χ0n) is 8.74. The number of hydrogen-bond donors (Lipinski definition) is 2. The molecule has 0 aliphatic heterocycles. The van der Waals surface area contributed by atoms with Crippen molar-refractivity contribution in [1.29, 1.82) is 5.41 Å². The molecule has 1 aromatic heterocycles. The Morgan fingerprint density at radius 2 is 2.27 bits per heavy atom. The summed E-state index contributed by atoms with van der Waals surface area (Å²) >= 11 is 0. The van der Waals surface area contributed by atoms with Gasteiger partial charge in [-0.1, -0.05) is 6.07 Å². The highest BCUT2D eigenvalue weighted by molar-refractivity contribution is 6.47. The average Bonchev–Trinajstić information content (AvgIpc) is 2.26. The fourth-order valence-electron chi connectivity index (χ4n) is 1.12. The molecular weight excluding hydrogens is 190 g/mol. The molecule has 0 saturated carbocycles. The normalized spacial score (nSPS) is 10.9. The Morgan fingerprint density at radius 3 is 2.73 bits per heavy atom. The van der Waals surface area contributed by atoms with Gasteiger partial charge in [-0.3, -0.25) is 15.2 Å². The van der Waals surface area contributed by atoms with Crippen LogP contribution < -0.4 is 5.32 Å². The molecule has 0 amide bonds. The summed E-state index contributed by atoms with van der Waals surface area (Å²) in [6.45, 7) is 1.93. The highest BCUT2D eigenvalue weighted by Crippen LogP contribution is 2.11. The minimum absolute atomic E-state index is 0.0827. The van der Waals surface area contributed by atoms with E-state index in [1.165, 1.54) is 0 Å². The molecule has 0 saturated heterocycles. The lowest BCUT2D eigenvalue weighted by Crippen LogP contribution is -2.07. The number of pyridine rings is 1. The number of nitrogens with one attached hydrogen (secondary N) is 2. The molecule has 15 heavy (non-hydrogen) atoms. The number of carbonyl (C=O) groups is 1. The van der Waals surface area contributed by atoms with Crippen LogP contribution in [0.3, 0.4) is 0 Å². The molecule has 0 radical (unpaired) electrons. The van der Waals surface area contributed by atoms with E-state index in [0.29, 0.717) is 17.6 Å². The van der Waals surface area contributed by atoms with Gasteiger partial charge in [0.1, 0.15) is 5.71 Å². The van der Waals surface area contributed by atoms with Crippen LogP contribution in [0.1, 0.15) is 11.3 Å². The van der Waals surface area contributed by atoms with E-state index in [2.05, 4.69) is 10.3 Å². The largest absolute Gasteiger partial charge is 0.393 e. The summed E-state index contributed by atoms with van der Waals surface area (Å²) < 4.78 is 0. The minimum Gasteiger partial charge on any atom is -0.393 e. The maximum Gasteiger partial charge on any atom is 0.168 e. The minimum atomic E-state index is -0.0827. The van der Waals surface area contributed by atoms with Crippen LogP contribution in [0.15, 0.2) is 24.5 Å². The monoisotopic (exact) mass is 203 g/mol. The van der Waals surface area contributed by atoms with Crippen LogP contribution in [0.4, 0.5) is 0 Å². The Bertz CT molecular complexity index is 393. The lowest BCUT2D eigenvalue weighted by atomic mass is 10.1. The van der Waals surface area contributed by atoms with E-state index in [-0.39, 0.29) is 5.71 Å². The van der Waals surface area contributed by atoms with Crippen molar-refractivity contribution in [1.82, 2.24) is 10.3 Å². The summed E-state index contributed by atoms with van der Waals surface area (Å²) in [5.74, 6) is 0. The first-order valence-corrected chi connectivity index (χ1v) is 4.53. The van der Waals surface area contributed by atoms with E-state index < -0.39 is 0 Å². The van der Waals surface area contributed by atoms with Gasteiger partial charge >= 0.3 is 0 Å². The molecule has 0 unspecified atom stereocenters. The van der Waals surface area contributed by atoms with E-state index in [0.717, 1.165) is 5.56 Å². The summed E-state index contributed by atoms with van der Waals surface area (Å²) in [6.07, 6.45) is 3.80. The first-order chi connectivity index (χ1) is 7.19. The molecule has 0 aliphatic carbocycles. The van der Waals surface area contributed by atoms with Crippen molar-refractivity contribution in [3.05, 3.63) is 35.8 Å². The zero-order chi connectivity index (χ0) is 11.3. The predicted molar refractivity (Wildman–Crippen MR) is 59.8 cm³/mol. The van der Waals surface area contributed by atoms with Crippen molar-refractivity contribution in [3.63, 3.8) is 0 Å². The lowest BCUT2D eigenvalue weighted by molar-refractivity contribution is -0.102. The molecular formula is C11H13N3O. The summed E-state index contributed by atoms with van der Waals surface area (Å²) in [7, 11) is 1.71. The van der Waals surface area contributed by atoms with Crippen molar-refractivity contribution in [2.45, 2.75) is 6.92 Å². The van der Waals surface area contributed by atoms with E-state index in [4.69, 9.17) is 5.41 Å². The quantitative estimate of drug-likeness (QED) is 0.570. The van der Waals surface area contributed by atoms with Gasteiger partial charge in [0.2, 0.25) is 0 Å². The first kappa shape index (κ1) is 11.1. The Balaban J connectivity index is 3.10. The van der Waals surface area contributed by atoms with Gasteiger partial charge in [0.05, 0.1) is 5.69 Å². The van der Waals surface area contributed by atoms with Gasteiger partial charge in [-0.25, -0.2) is 0 Å². The van der Waals surface area contributed by atoms with Crippen molar-refractivity contribution in [3.8, 4) is 0 Å². The molecule has 0 bridgehead atoms. The highest BCUT2D eigenvalue weighted by Gasteiger charge is 2.07. The number of allylic oxidation sites excluding steroid dienone is 1. The van der Waals surface area contributed by atoms with E-state index in [9.17, 15) is 4.79 Å². The number of aryl methyl sites for hydroxylation is 1. The van der Waals surface area contributed by atoms with Gasteiger partial charge in [0.25, 0.3) is 0 Å².